The van der Waals surface area contributed by atoms with Crippen LogP contribution in [-0.4, -0.2) is 33.6 Å². The summed E-state index contributed by atoms with van der Waals surface area (Å²) >= 11 is 3.50. The summed E-state index contributed by atoms with van der Waals surface area (Å²) in [6.07, 6.45) is 1.70. The van der Waals surface area contributed by atoms with Crippen LogP contribution in [0.4, 0.5) is 5.82 Å². The van der Waals surface area contributed by atoms with E-state index < -0.39 is 0 Å². The average molecular weight is 338 g/mol. The van der Waals surface area contributed by atoms with Crippen LogP contribution in [0.2, 0.25) is 0 Å². The molecule has 2 aromatic rings. The van der Waals surface area contributed by atoms with Gasteiger partial charge in [0, 0.05) is 19.9 Å². The molecule has 0 atom stereocenters. The van der Waals surface area contributed by atoms with E-state index in [0.717, 1.165) is 22.5 Å². The minimum Gasteiger partial charge on any atom is -0.378 e. The Bertz CT molecular complexity index is 578. The fraction of sp³-hybridized carbons (Fsp3) is 0.385. The first-order chi connectivity index (χ1) is 9.65. The van der Waals surface area contributed by atoms with Crippen LogP contribution >= 0.6 is 15.9 Å². The largest absolute Gasteiger partial charge is 0.378 e. The number of aromatic nitrogens is 4. The van der Waals surface area contributed by atoms with E-state index in [1.165, 1.54) is 0 Å². The number of hydrogen-bond donors (Lipinski definition) is 1. The summed E-state index contributed by atoms with van der Waals surface area (Å²) in [5.74, 6) is 1.98. The van der Waals surface area contributed by atoms with Crippen molar-refractivity contribution in [3.05, 3.63) is 28.3 Å². The fourth-order valence-electron chi connectivity index (χ4n) is 1.71. The van der Waals surface area contributed by atoms with Crippen molar-refractivity contribution in [1.29, 1.82) is 0 Å². The van der Waals surface area contributed by atoms with Gasteiger partial charge in [0.1, 0.15) is 17.3 Å². The van der Waals surface area contributed by atoms with Crippen molar-refractivity contribution in [3.8, 4) is 11.5 Å². The highest BCUT2D eigenvalue weighted by atomic mass is 79.9. The van der Waals surface area contributed by atoms with Gasteiger partial charge < -0.3 is 10.1 Å². The van der Waals surface area contributed by atoms with E-state index in [-0.39, 0.29) is 0 Å². The maximum Gasteiger partial charge on any atom is 0.180 e. The molecule has 0 fully saturated rings. The predicted molar refractivity (Wildman–Crippen MR) is 80.4 cm³/mol. The number of methoxy groups -OCH3 is 1. The Morgan fingerprint density at radius 3 is 2.75 bits per heavy atom. The number of anilines is 1. The topological polar surface area (TPSA) is 72.8 Å². The van der Waals surface area contributed by atoms with Crippen LogP contribution in [0.5, 0.6) is 0 Å². The van der Waals surface area contributed by atoms with E-state index in [1.54, 1.807) is 19.4 Å². The zero-order chi connectivity index (χ0) is 14.5. The molecular weight excluding hydrogens is 322 g/mol. The van der Waals surface area contributed by atoms with Crippen molar-refractivity contribution in [3.63, 3.8) is 0 Å². The van der Waals surface area contributed by atoms with E-state index in [0.29, 0.717) is 23.9 Å². The van der Waals surface area contributed by atoms with Gasteiger partial charge in [-0.05, 0) is 35.8 Å². The molecule has 6 nitrogen and oxygen atoms in total. The molecule has 0 saturated heterocycles. The minimum absolute atomic E-state index is 0.401. The van der Waals surface area contributed by atoms with Crippen molar-refractivity contribution >= 4 is 21.7 Å². The molecule has 0 radical (unpaired) electrons. The molecule has 0 aromatic carbocycles. The van der Waals surface area contributed by atoms with E-state index in [1.807, 2.05) is 13.8 Å². The van der Waals surface area contributed by atoms with Gasteiger partial charge in [-0.3, -0.25) is 0 Å². The fourth-order valence-corrected chi connectivity index (χ4v) is 2.14. The molecule has 0 aliphatic carbocycles. The van der Waals surface area contributed by atoms with E-state index in [9.17, 15) is 0 Å². The second-order valence-corrected chi connectivity index (χ2v) is 4.90. The second kappa shape index (κ2) is 6.71. The summed E-state index contributed by atoms with van der Waals surface area (Å²) in [4.78, 5) is 17.4. The van der Waals surface area contributed by atoms with Crippen molar-refractivity contribution in [1.82, 2.24) is 19.9 Å². The standard InChI is InChI=1S/C13H16BrN5O/c1-4-15-13-11(14)10(7-20-3)18-12(19-13)9-5-6-16-8(2)17-9/h5-6H,4,7H2,1-3H3,(H,15,18,19). The molecule has 2 rings (SSSR count). The van der Waals surface area contributed by atoms with Crippen LogP contribution < -0.4 is 5.32 Å². The first-order valence-corrected chi connectivity index (χ1v) is 7.04. The molecule has 0 aliphatic heterocycles. The van der Waals surface area contributed by atoms with Gasteiger partial charge in [-0.15, -0.1) is 0 Å². The number of hydrogen-bond acceptors (Lipinski definition) is 6. The maximum absolute atomic E-state index is 5.18. The summed E-state index contributed by atoms with van der Waals surface area (Å²) in [6.45, 7) is 5.02. The van der Waals surface area contributed by atoms with Gasteiger partial charge in [0.05, 0.1) is 16.8 Å². The zero-order valence-corrected chi connectivity index (χ0v) is 13.2. The first-order valence-electron chi connectivity index (χ1n) is 6.25. The predicted octanol–water partition coefficient (Wildman–Crippen LogP) is 2.58. The first kappa shape index (κ1) is 14.8. The Balaban J connectivity index is 2.52. The van der Waals surface area contributed by atoms with Gasteiger partial charge in [0.15, 0.2) is 5.82 Å². The number of ether oxygens (including phenoxy) is 1. The summed E-state index contributed by atoms with van der Waals surface area (Å²) in [5, 5.41) is 3.20. The molecule has 0 unspecified atom stereocenters. The smallest absolute Gasteiger partial charge is 0.180 e. The average Bonchev–Trinajstić information content (AvgIpc) is 2.43. The second-order valence-electron chi connectivity index (χ2n) is 4.11. The molecule has 0 saturated carbocycles. The van der Waals surface area contributed by atoms with Gasteiger partial charge >= 0.3 is 0 Å². The zero-order valence-electron chi connectivity index (χ0n) is 11.6. The molecule has 0 aliphatic rings. The van der Waals surface area contributed by atoms with E-state index in [4.69, 9.17) is 4.74 Å². The summed E-state index contributed by atoms with van der Waals surface area (Å²) in [7, 11) is 1.63. The highest BCUT2D eigenvalue weighted by Gasteiger charge is 2.14. The maximum atomic E-state index is 5.18. The summed E-state index contributed by atoms with van der Waals surface area (Å²) in [5.41, 5.74) is 1.48. The molecule has 7 heteroatoms. The number of aryl methyl sites for hydroxylation is 1. The molecule has 20 heavy (non-hydrogen) atoms. The van der Waals surface area contributed by atoms with Gasteiger partial charge in [0.2, 0.25) is 0 Å². The molecule has 2 aromatic heterocycles. The Hall–Kier alpha value is -1.60. The highest BCUT2D eigenvalue weighted by molar-refractivity contribution is 9.10. The third-order valence-corrected chi connectivity index (χ3v) is 3.38. The Kier molecular flexibility index (Phi) is 4.97. The number of rotatable bonds is 5. The third-order valence-electron chi connectivity index (χ3n) is 2.55. The number of nitrogens with zero attached hydrogens (tertiary/aromatic N) is 4. The van der Waals surface area contributed by atoms with Crippen molar-refractivity contribution in [2.45, 2.75) is 20.5 Å². The van der Waals surface area contributed by atoms with Crippen LogP contribution in [0.1, 0.15) is 18.4 Å². The monoisotopic (exact) mass is 337 g/mol. The lowest BCUT2D eigenvalue weighted by molar-refractivity contribution is 0.181. The molecule has 0 bridgehead atoms. The summed E-state index contributed by atoms with van der Waals surface area (Å²) in [6, 6.07) is 1.79. The molecular formula is C13H16BrN5O. The van der Waals surface area contributed by atoms with Crippen molar-refractivity contribution in [2.75, 3.05) is 19.0 Å². The number of nitrogens with one attached hydrogen (secondary N) is 1. The van der Waals surface area contributed by atoms with E-state index >= 15 is 0 Å². The van der Waals surface area contributed by atoms with Crippen LogP contribution in [0.15, 0.2) is 16.7 Å². The lowest BCUT2D eigenvalue weighted by Gasteiger charge is -2.11. The van der Waals surface area contributed by atoms with Crippen LogP contribution in [0, 0.1) is 6.92 Å². The lowest BCUT2D eigenvalue weighted by atomic mass is 10.3. The van der Waals surface area contributed by atoms with Gasteiger partial charge in [-0.1, -0.05) is 0 Å². The molecule has 106 valence electrons. The lowest BCUT2D eigenvalue weighted by Crippen LogP contribution is -2.07. The SMILES string of the molecule is CCNc1nc(-c2ccnc(C)n2)nc(COC)c1Br. The molecule has 1 N–H and O–H groups in total. The highest BCUT2D eigenvalue weighted by Crippen LogP contribution is 2.27. The van der Waals surface area contributed by atoms with Crippen LogP contribution in [0.3, 0.4) is 0 Å². The Morgan fingerprint density at radius 2 is 2.10 bits per heavy atom. The third kappa shape index (κ3) is 3.29. The molecule has 2 heterocycles. The van der Waals surface area contributed by atoms with Gasteiger partial charge in [0.25, 0.3) is 0 Å². The van der Waals surface area contributed by atoms with Gasteiger partial charge in [-0.2, -0.15) is 0 Å². The van der Waals surface area contributed by atoms with Crippen molar-refractivity contribution < 1.29 is 4.74 Å². The van der Waals surface area contributed by atoms with E-state index in [2.05, 4.69) is 41.2 Å². The number of halogens is 1. The molecule has 0 amide bonds. The minimum atomic E-state index is 0.401. The van der Waals surface area contributed by atoms with Crippen LogP contribution in [0.25, 0.3) is 11.5 Å². The Morgan fingerprint density at radius 1 is 1.30 bits per heavy atom. The normalized spacial score (nSPS) is 10.6. The quantitative estimate of drug-likeness (QED) is 0.903. The summed E-state index contributed by atoms with van der Waals surface area (Å²) < 4.78 is 5.99. The molecule has 0 spiro atoms. The van der Waals surface area contributed by atoms with Gasteiger partial charge in [-0.25, -0.2) is 19.9 Å². The Labute approximate surface area is 126 Å². The van der Waals surface area contributed by atoms with Crippen molar-refractivity contribution in [2.24, 2.45) is 0 Å². The van der Waals surface area contributed by atoms with Crippen LogP contribution in [-0.2, 0) is 11.3 Å².